The highest BCUT2D eigenvalue weighted by Gasteiger charge is 2.11. The third-order valence-electron chi connectivity index (χ3n) is 2.66. The van der Waals surface area contributed by atoms with E-state index in [4.69, 9.17) is 34.3 Å². The van der Waals surface area contributed by atoms with Crippen LogP contribution in [0.15, 0.2) is 30.3 Å². The summed E-state index contributed by atoms with van der Waals surface area (Å²) >= 11 is 11.2. The van der Waals surface area contributed by atoms with E-state index in [0.717, 1.165) is 5.69 Å². The van der Waals surface area contributed by atoms with Gasteiger partial charge in [-0.1, -0.05) is 29.8 Å². The molecule has 0 spiro atoms. The lowest BCUT2D eigenvalue weighted by atomic mass is 10.3. The summed E-state index contributed by atoms with van der Waals surface area (Å²) in [5.41, 5.74) is 7.24. The van der Waals surface area contributed by atoms with Crippen molar-refractivity contribution in [2.45, 2.75) is 13.5 Å². The van der Waals surface area contributed by atoms with Gasteiger partial charge in [-0.05, 0) is 31.3 Å². The smallest absolute Gasteiger partial charge is 0.254 e. The van der Waals surface area contributed by atoms with Crippen LogP contribution in [0.2, 0.25) is 5.15 Å². The van der Waals surface area contributed by atoms with Gasteiger partial charge >= 0.3 is 0 Å². The predicted octanol–water partition coefficient (Wildman–Crippen LogP) is 2.60. The van der Waals surface area contributed by atoms with E-state index in [0.29, 0.717) is 24.0 Å². The molecule has 8 heteroatoms. The molecule has 1 aromatic carbocycles. The number of rotatable bonds is 5. The lowest BCUT2D eigenvalue weighted by Gasteiger charge is -2.12. The molecule has 1 heterocycles. The van der Waals surface area contributed by atoms with Crippen LogP contribution in [-0.2, 0) is 6.54 Å². The third-order valence-corrected chi connectivity index (χ3v) is 3.15. The summed E-state index contributed by atoms with van der Waals surface area (Å²) < 4.78 is 5.23. The number of hydrogen-bond donors (Lipinski definition) is 3. The molecule has 0 amide bonds. The fourth-order valence-corrected chi connectivity index (χ4v) is 2.05. The zero-order valence-electron chi connectivity index (χ0n) is 12.0. The average Bonchev–Trinajstić information content (AvgIpc) is 2.50. The molecule has 0 radical (unpaired) electrons. The van der Waals surface area contributed by atoms with Crippen LogP contribution in [0.25, 0.3) is 0 Å². The Kier molecular flexibility index (Phi) is 5.74. The van der Waals surface area contributed by atoms with Crippen LogP contribution in [-0.4, -0.2) is 21.7 Å². The highest BCUT2D eigenvalue weighted by molar-refractivity contribution is 7.80. The van der Waals surface area contributed by atoms with Crippen molar-refractivity contribution in [3.05, 3.63) is 41.2 Å². The van der Waals surface area contributed by atoms with Gasteiger partial charge in [-0.25, -0.2) is 4.98 Å². The zero-order valence-corrected chi connectivity index (χ0v) is 13.5. The van der Waals surface area contributed by atoms with Crippen LogP contribution in [0, 0.1) is 0 Å². The third kappa shape index (κ3) is 4.44. The lowest BCUT2D eigenvalue weighted by molar-refractivity contribution is 0.325. The maximum Gasteiger partial charge on any atom is 0.254 e. The first-order valence-corrected chi connectivity index (χ1v) is 7.43. The molecule has 0 aliphatic heterocycles. The van der Waals surface area contributed by atoms with E-state index in [-0.39, 0.29) is 16.9 Å². The molecular formula is C14H16ClN5OS. The van der Waals surface area contributed by atoms with Crippen LogP contribution < -0.4 is 21.1 Å². The Morgan fingerprint density at radius 2 is 2.05 bits per heavy atom. The Labute approximate surface area is 139 Å². The maximum atomic E-state index is 5.99. The number of anilines is 2. The van der Waals surface area contributed by atoms with Gasteiger partial charge in [0.2, 0.25) is 0 Å². The second-order valence-electron chi connectivity index (χ2n) is 4.26. The first-order chi connectivity index (χ1) is 10.6. The minimum Gasteiger partial charge on any atom is -0.476 e. The van der Waals surface area contributed by atoms with Gasteiger partial charge in [-0.15, -0.1) is 0 Å². The Hall–Kier alpha value is -2.12. The largest absolute Gasteiger partial charge is 0.476 e. The number of hydrogen-bond acceptors (Lipinski definition) is 5. The van der Waals surface area contributed by atoms with E-state index in [1.165, 1.54) is 0 Å². The summed E-state index contributed by atoms with van der Waals surface area (Å²) in [6, 6.07) is 9.59. The van der Waals surface area contributed by atoms with E-state index in [9.17, 15) is 0 Å². The number of ether oxygens (including phenoxy) is 1. The first-order valence-electron chi connectivity index (χ1n) is 6.64. The summed E-state index contributed by atoms with van der Waals surface area (Å²) in [7, 11) is 0. The number of benzene rings is 1. The van der Waals surface area contributed by atoms with Crippen molar-refractivity contribution in [3.63, 3.8) is 0 Å². The molecule has 0 aliphatic carbocycles. The van der Waals surface area contributed by atoms with Gasteiger partial charge in [-0.2, -0.15) is 4.98 Å². The van der Waals surface area contributed by atoms with Crippen LogP contribution in [0.1, 0.15) is 12.6 Å². The molecule has 2 aromatic rings. The van der Waals surface area contributed by atoms with Gasteiger partial charge in [0, 0.05) is 5.69 Å². The Morgan fingerprint density at radius 3 is 2.73 bits per heavy atom. The molecule has 2 rings (SSSR count). The Morgan fingerprint density at radius 1 is 1.32 bits per heavy atom. The number of nitrogen functional groups attached to an aromatic ring is 1. The number of halogens is 1. The fourth-order valence-electron chi connectivity index (χ4n) is 1.66. The number of nitrogens with two attached hydrogens (primary N) is 1. The molecule has 0 fully saturated rings. The summed E-state index contributed by atoms with van der Waals surface area (Å²) in [6.45, 7) is 2.58. The minimum absolute atomic E-state index is 0.176. The van der Waals surface area contributed by atoms with Crippen molar-refractivity contribution in [2.75, 3.05) is 17.7 Å². The van der Waals surface area contributed by atoms with Crippen molar-refractivity contribution in [2.24, 2.45) is 0 Å². The van der Waals surface area contributed by atoms with Gasteiger partial charge < -0.3 is 21.1 Å². The molecule has 6 nitrogen and oxygen atoms in total. The van der Waals surface area contributed by atoms with Crippen LogP contribution in [0.4, 0.5) is 11.5 Å². The molecule has 0 saturated heterocycles. The van der Waals surface area contributed by atoms with Crippen LogP contribution in [0.3, 0.4) is 0 Å². The zero-order chi connectivity index (χ0) is 15.9. The van der Waals surface area contributed by atoms with Crippen molar-refractivity contribution >= 4 is 40.4 Å². The minimum atomic E-state index is 0.176. The van der Waals surface area contributed by atoms with Crippen LogP contribution >= 0.6 is 23.8 Å². The summed E-state index contributed by atoms with van der Waals surface area (Å²) in [5, 5.41) is 6.69. The predicted molar refractivity (Wildman–Crippen MR) is 92.1 cm³/mol. The van der Waals surface area contributed by atoms with Gasteiger partial charge in [0.05, 0.1) is 13.2 Å². The molecule has 22 heavy (non-hydrogen) atoms. The van der Waals surface area contributed by atoms with E-state index in [1.54, 1.807) is 0 Å². The van der Waals surface area contributed by atoms with Gasteiger partial charge in [0.1, 0.15) is 5.69 Å². The maximum absolute atomic E-state index is 5.99. The number of nitrogens with one attached hydrogen (secondary N) is 2. The highest BCUT2D eigenvalue weighted by atomic mass is 35.5. The summed E-state index contributed by atoms with van der Waals surface area (Å²) in [5.74, 6) is 0.485. The lowest BCUT2D eigenvalue weighted by Crippen LogP contribution is -2.28. The first kappa shape index (κ1) is 16.3. The van der Waals surface area contributed by atoms with Crippen LogP contribution in [0.5, 0.6) is 5.88 Å². The Bertz CT molecular complexity index is 653. The second-order valence-corrected chi connectivity index (χ2v) is 5.02. The normalized spacial score (nSPS) is 10.1. The molecule has 116 valence electrons. The quantitative estimate of drug-likeness (QED) is 0.723. The summed E-state index contributed by atoms with van der Waals surface area (Å²) in [4.78, 5) is 8.26. The molecule has 0 bridgehead atoms. The number of nitrogens with zero attached hydrogens (tertiary/aromatic N) is 2. The molecule has 0 atom stereocenters. The molecule has 1 aromatic heterocycles. The van der Waals surface area contributed by atoms with Crippen molar-refractivity contribution in [1.82, 2.24) is 15.3 Å². The fraction of sp³-hybridized carbons (Fsp3) is 0.214. The van der Waals surface area contributed by atoms with Crippen molar-refractivity contribution < 1.29 is 4.74 Å². The molecular weight excluding hydrogens is 322 g/mol. The summed E-state index contributed by atoms with van der Waals surface area (Å²) in [6.07, 6.45) is 0. The average molecular weight is 338 g/mol. The molecule has 4 N–H and O–H groups in total. The number of para-hydroxylation sites is 1. The van der Waals surface area contributed by atoms with Gasteiger partial charge in [-0.3, -0.25) is 0 Å². The second kappa shape index (κ2) is 7.77. The SMILES string of the molecule is CCOc1nc(N)c(CNC(=S)Nc2ccccc2)nc1Cl. The monoisotopic (exact) mass is 337 g/mol. The van der Waals surface area contributed by atoms with E-state index < -0.39 is 0 Å². The van der Waals surface area contributed by atoms with E-state index in [1.807, 2.05) is 37.3 Å². The van der Waals surface area contributed by atoms with Gasteiger partial charge in [0.15, 0.2) is 16.1 Å². The van der Waals surface area contributed by atoms with Crippen molar-refractivity contribution in [1.29, 1.82) is 0 Å². The Balaban J connectivity index is 1.96. The molecule has 0 saturated carbocycles. The van der Waals surface area contributed by atoms with Gasteiger partial charge in [0.25, 0.3) is 5.88 Å². The molecule has 0 aliphatic rings. The van der Waals surface area contributed by atoms with Crippen molar-refractivity contribution in [3.8, 4) is 5.88 Å². The van der Waals surface area contributed by atoms with E-state index in [2.05, 4.69) is 20.6 Å². The topological polar surface area (TPSA) is 85.1 Å². The van der Waals surface area contributed by atoms with E-state index >= 15 is 0 Å². The standard InChI is InChI=1S/C14H16ClN5OS/c1-2-21-13-11(15)19-10(12(16)20-13)8-17-14(22)18-9-6-4-3-5-7-9/h3-7H,2,8H2,1H3,(H2,16,20)(H2,17,18,22). The molecule has 0 unspecified atom stereocenters. The number of aromatic nitrogens is 2. The highest BCUT2D eigenvalue weighted by Crippen LogP contribution is 2.22. The number of thiocarbonyl (C=S) groups is 1.